The van der Waals surface area contributed by atoms with Crippen LogP contribution in [0.25, 0.3) is 0 Å². The van der Waals surface area contributed by atoms with E-state index in [2.05, 4.69) is 39.6 Å². The van der Waals surface area contributed by atoms with Crippen molar-refractivity contribution < 1.29 is 0 Å². The van der Waals surface area contributed by atoms with Crippen LogP contribution in [0.15, 0.2) is 42.7 Å². The van der Waals surface area contributed by atoms with E-state index in [0.29, 0.717) is 0 Å². The molecule has 0 radical (unpaired) electrons. The van der Waals surface area contributed by atoms with Gasteiger partial charge in [-0.2, -0.15) is 0 Å². The maximum Gasteiger partial charge on any atom is 0.222 e. The van der Waals surface area contributed by atoms with E-state index in [1.54, 1.807) is 23.5 Å². The normalized spacial score (nSPS) is 27.4. The predicted molar refractivity (Wildman–Crippen MR) is 70.4 cm³/mol. The first-order valence-electron chi connectivity index (χ1n) is 6.52. The molecule has 3 heteroatoms. The number of hydrogen-bond donors (Lipinski definition) is 1. The van der Waals surface area contributed by atoms with Crippen LogP contribution >= 0.6 is 0 Å². The minimum absolute atomic E-state index is 0.746. The summed E-state index contributed by atoms with van der Waals surface area (Å²) in [5, 5.41) is 3.34. The maximum absolute atomic E-state index is 4.19. The molecule has 2 aliphatic rings. The molecule has 2 aliphatic carbocycles. The van der Waals surface area contributed by atoms with Crippen molar-refractivity contribution in [2.24, 2.45) is 11.8 Å². The van der Waals surface area contributed by atoms with Crippen LogP contribution in [-0.4, -0.2) is 16.5 Å². The highest BCUT2D eigenvalue weighted by molar-refractivity contribution is 5.44. The van der Waals surface area contributed by atoms with E-state index >= 15 is 0 Å². The molecule has 3 nitrogen and oxygen atoms in total. The van der Waals surface area contributed by atoms with Crippen LogP contribution < -0.4 is 5.32 Å². The zero-order valence-electron chi connectivity index (χ0n) is 10.1. The molecule has 1 aromatic carbocycles. The number of anilines is 1. The molecule has 0 aliphatic heterocycles. The summed E-state index contributed by atoms with van der Waals surface area (Å²) in [6, 6.07) is 10.7. The molecule has 18 heavy (non-hydrogen) atoms. The third kappa shape index (κ3) is 1.50. The van der Waals surface area contributed by atoms with Crippen LogP contribution in [0.5, 0.6) is 0 Å². The molecule has 0 bridgehead atoms. The summed E-state index contributed by atoms with van der Waals surface area (Å²) in [7, 11) is 0. The van der Waals surface area contributed by atoms with Crippen molar-refractivity contribution in [1.82, 2.24) is 9.97 Å². The molecule has 0 amide bonds. The van der Waals surface area contributed by atoms with Gasteiger partial charge in [-0.3, -0.25) is 0 Å². The molecule has 0 saturated heterocycles. The first-order valence-corrected chi connectivity index (χ1v) is 6.52. The van der Waals surface area contributed by atoms with Gasteiger partial charge in [0.05, 0.1) is 0 Å². The Bertz CT molecular complexity index is 567. The molecular formula is C15H15N3. The minimum Gasteiger partial charge on any atom is -0.354 e. The van der Waals surface area contributed by atoms with E-state index in [0.717, 1.165) is 30.2 Å². The van der Waals surface area contributed by atoms with E-state index in [-0.39, 0.29) is 0 Å². The maximum atomic E-state index is 4.19. The lowest BCUT2D eigenvalue weighted by atomic mass is 10.0. The number of rotatable bonds is 3. The van der Waals surface area contributed by atoms with Crippen molar-refractivity contribution in [2.45, 2.75) is 12.3 Å². The number of benzene rings is 1. The van der Waals surface area contributed by atoms with Crippen molar-refractivity contribution in [3.63, 3.8) is 0 Å². The van der Waals surface area contributed by atoms with Crippen LogP contribution in [0.4, 0.5) is 5.95 Å². The highest BCUT2D eigenvalue weighted by Gasteiger charge is 2.54. The lowest BCUT2D eigenvalue weighted by Crippen LogP contribution is -2.10. The van der Waals surface area contributed by atoms with Crippen molar-refractivity contribution in [3.05, 3.63) is 53.9 Å². The lowest BCUT2D eigenvalue weighted by molar-refractivity contribution is 0.716. The van der Waals surface area contributed by atoms with Gasteiger partial charge >= 0.3 is 0 Å². The first-order chi connectivity index (χ1) is 8.93. The SMILES string of the molecule is c1cnc(NC[C@@H]2[C@H]3Cc4ccccc4[C@@H]23)nc1. The van der Waals surface area contributed by atoms with Gasteiger partial charge in [0.2, 0.25) is 5.95 Å². The summed E-state index contributed by atoms with van der Waals surface area (Å²) in [6.07, 6.45) is 4.81. The molecule has 0 spiro atoms. The zero-order chi connectivity index (χ0) is 11.9. The second-order valence-electron chi connectivity index (χ2n) is 5.21. The van der Waals surface area contributed by atoms with Crippen molar-refractivity contribution in [2.75, 3.05) is 11.9 Å². The van der Waals surface area contributed by atoms with Gasteiger partial charge in [-0.25, -0.2) is 9.97 Å². The summed E-state index contributed by atoms with van der Waals surface area (Å²) in [5.74, 6) is 3.13. The van der Waals surface area contributed by atoms with Crippen LogP contribution in [0.1, 0.15) is 17.0 Å². The van der Waals surface area contributed by atoms with Crippen LogP contribution in [0.3, 0.4) is 0 Å². The highest BCUT2D eigenvalue weighted by atomic mass is 15.1. The lowest BCUT2D eigenvalue weighted by Gasteiger charge is -2.08. The summed E-state index contributed by atoms with van der Waals surface area (Å²) in [5.41, 5.74) is 3.13. The van der Waals surface area contributed by atoms with Gasteiger partial charge in [0.15, 0.2) is 0 Å². The van der Waals surface area contributed by atoms with Gasteiger partial charge in [-0.1, -0.05) is 24.3 Å². The summed E-state index contributed by atoms with van der Waals surface area (Å²) in [4.78, 5) is 8.39. The van der Waals surface area contributed by atoms with E-state index in [4.69, 9.17) is 0 Å². The van der Waals surface area contributed by atoms with Crippen molar-refractivity contribution >= 4 is 5.95 Å². The Morgan fingerprint density at radius 3 is 2.83 bits per heavy atom. The predicted octanol–water partition coefficient (Wildman–Crippen LogP) is 2.47. The fraction of sp³-hybridized carbons (Fsp3) is 0.333. The van der Waals surface area contributed by atoms with E-state index in [1.807, 2.05) is 6.07 Å². The van der Waals surface area contributed by atoms with Gasteiger partial charge in [0.1, 0.15) is 0 Å². The molecule has 1 aromatic heterocycles. The van der Waals surface area contributed by atoms with Crippen molar-refractivity contribution in [3.8, 4) is 0 Å². The number of aromatic nitrogens is 2. The fourth-order valence-corrected chi connectivity index (χ4v) is 3.36. The second kappa shape index (κ2) is 3.80. The van der Waals surface area contributed by atoms with Gasteiger partial charge in [-0.05, 0) is 41.4 Å². The molecule has 1 saturated carbocycles. The smallest absolute Gasteiger partial charge is 0.222 e. The molecule has 1 heterocycles. The van der Waals surface area contributed by atoms with Crippen LogP contribution in [-0.2, 0) is 6.42 Å². The van der Waals surface area contributed by atoms with Crippen LogP contribution in [0.2, 0.25) is 0 Å². The topological polar surface area (TPSA) is 37.8 Å². The number of hydrogen-bond acceptors (Lipinski definition) is 3. The zero-order valence-corrected chi connectivity index (χ0v) is 10.1. The average Bonchev–Trinajstić information content (AvgIpc) is 2.97. The van der Waals surface area contributed by atoms with Crippen LogP contribution in [0, 0.1) is 11.8 Å². The van der Waals surface area contributed by atoms with E-state index in [9.17, 15) is 0 Å². The standard InChI is InChI=1S/C15H15N3/c1-2-5-11-10(4-1)8-12-13(14(11)12)9-18-15-16-6-3-7-17-15/h1-7,12-14H,8-9H2,(H,16,17,18)/t12-,13-,14-/m1/s1. The number of fused-ring (bicyclic) bond motifs is 3. The quantitative estimate of drug-likeness (QED) is 0.891. The third-order valence-corrected chi connectivity index (χ3v) is 4.26. The molecule has 1 fully saturated rings. The molecule has 90 valence electrons. The van der Waals surface area contributed by atoms with Gasteiger partial charge < -0.3 is 5.32 Å². The Balaban J connectivity index is 1.43. The Kier molecular flexibility index (Phi) is 2.13. The molecule has 0 unspecified atom stereocenters. The highest BCUT2D eigenvalue weighted by Crippen LogP contribution is 2.61. The molecule has 4 rings (SSSR count). The van der Waals surface area contributed by atoms with E-state index in [1.165, 1.54) is 6.42 Å². The fourth-order valence-electron chi connectivity index (χ4n) is 3.36. The Hall–Kier alpha value is -1.90. The molecule has 1 N–H and O–H groups in total. The third-order valence-electron chi connectivity index (χ3n) is 4.26. The second-order valence-corrected chi connectivity index (χ2v) is 5.21. The number of nitrogens with zero attached hydrogens (tertiary/aromatic N) is 2. The number of nitrogens with one attached hydrogen (secondary N) is 1. The molecular weight excluding hydrogens is 222 g/mol. The monoisotopic (exact) mass is 237 g/mol. The summed E-state index contributed by atoms with van der Waals surface area (Å²) in [6.45, 7) is 0.994. The van der Waals surface area contributed by atoms with E-state index < -0.39 is 0 Å². The Morgan fingerprint density at radius 1 is 1.11 bits per heavy atom. The van der Waals surface area contributed by atoms with Gasteiger partial charge in [0, 0.05) is 18.9 Å². The summed E-state index contributed by atoms with van der Waals surface area (Å²) < 4.78 is 0. The van der Waals surface area contributed by atoms with Gasteiger partial charge in [0.25, 0.3) is 0 Å². The largest absolute Gasteiger partial charge is 0.354 e. The average molecular weight is 237 g/mol. The first kappa shape index (κ1) is 10.1. The minimum atomic E-state index is 0.746. The Labute approximate surface area is 106 Å². The molecule has 2 aromatic rings. The Morgan fingerprint density at radius 2 is 1.94 bits per heavy atom. The van der Waals surface area contributed by atoms with Gasteiger partial charge in [-0.15, -0.1) is 0 Å². The molecule has 3 atom stereocenters. The van der Waals surface area contributed by atoms with Crippen molar-refractivity contribution in [1.29, 1.82) is 0 Å². The summed E-state index contributed by atoms with van der Waals surface area (Å²) >= 11 is 0.